The first-order valence-electron chi connectivity index (χ1n) is 7.26. The number of carbonyl (C=O) groups is 1. The summed E-state index contributed by atoms with van der Waals surface area (Å²) in [7, 11) is 0. The van der Waals surface area contributed by atoms with Crippen molar-refractivity contribution in [1.82, 2.24) is 5.32 Å². The van der Waals surface area contributed by atoms with E-state index in [-0.39, 0.29) is 24.5 Å². The number of phenolic OH excluding ortho intramolecular Hbond substituents is 1. The number of nitrogens with one attached hydrogen (secondary N) is 1. The lowest BCUT2D eigenvalue weighted by Crippen LogP contribution is -2.35. The molecule has 0 bridgehead atoms. The van der Waals surface area contributed by atoms with Crippen molar-refractivity contribution < 1.29 is 29.2 Å². The van der Waals surface area contributed by atoms with Crippen molar-refractivity contribution in [2.75, 3.05) is 6.54 Å². The molecule has 0 saturated heterocycles. The second kappa shape index (κ2) is 8.28. The molecule has 4 N–H and O–H groups in total. The molecule has 0 aromatic heterocycles. The first-order chi connectivity index (χ1) is 11.5. The number of benzene rings is 2. The SMILES string of the molecule is O=C(NCC(O)C(O)c1cc(O)cc(F)c1)OCc1ccccc1. The van der Waals surface area contributed by atoms with E-state index in [2.05, 4.69) is 5.32 Å². The maximum absolute atomic E-state index is 13.2. The number of aromatic hydroxyl groups is 1. The molecular weight excluding hydrogens is 317 g/mol. The second-order valence-corrected chi connectivity index (χ2v) is 5.20. The zero-order valence-electron chi connectivity index (χ0n) is 12.7. The van der Waals surface area contributed by atoms with E-state index in [4.69, 9.17) is 4.74 Å². The molecule has 0 aliphatic rings. The number of phenols is 1. The molecule has 2 aromatic rings. The molecule has 2 unspecified atom stereocenters. The summed E-state index contributed by atoms with van der Waals surface area (Å²) in [6, 6.07) is 12.0. The molecular formula is C17H18FNO5. The monoisotopic (exact) mass is 335 g/mol. The summed E-state index contributed by atoms with van der Waals surface area (Å²) < 4.78 is 18.1. The van der Waals surface area contributed by atoms with Crippen LogP contribution < -0.4 is 5.32 Å². The highest BCUT2D eigenvalue weighted by Crippen LogP contribution is 2.22. The maximum atomic E-state index is 13.2. The van der Waals surface area contributed by atoms with E-state index >= 15 is 0 Å². The van der Waals surface area contributed by atoms with Crippen LogP contribution in [0.3, 0.4) is 0 Å². The number of alkyl carbamates (subject to hydrolysis) is 1. The molecule has 24 heavy (non-hydrogen) atoms. The van der Waals surface area contributed by atoms with Crippen LogP contribution in [-0.2, 0) is 11.3 Å². The molecule has 0 fully saturated rings. The summed E-state index contributed by atoms with van der Waals surface area (Å²) in [6.45, 7) is -0.227. The third-order valence-corrected chi connectivity index (χ3v) is 3.28. The predicted molar refractivity (Wildman–Crippen MR) is 83.7 cm³/mol. The van der Waals surface area contributed by atoms with Gasteiger partial charge < -0.3 is 25.4 Å². The lowest BCUT2D eigenvalue weighted by Gasteiger charge is -2.19. The van der Waals surface area contributed by atoms with E-state index in [1.807, 2.05) is 18.2 Å². The van der Waals surface area contributed by atoms with Crippen LogP contribution in [-0.4, -0.2) is 34.1 Å². The summed E-state index contributed by atoms with van der Waals surface area (Å²) >= 11 is 0. The third-order valence-electron chi connectivity index (χ3n) is 3.28. The fourth-order valence-corrected chi connectivity index (χ4v) is 2.06. The number of halogens is 1. The maximum Gasteiger partial charge on any atom is 0.407 e. The van der Waals surface area contributed by atoms with Gasteiger partial charge in [-0.05, 0) is 23.3 Å². The van der Waals surface area contributed by atoms with Gasteiger partial charge >= 0.3 is 6.09 Å². The summed E-state index contributed by atoms with van der Waals surface area (Å²) in [5, 5.41) is 31.4. The topological polar surface area (TPSA) is 99.0 Å². The minimum atomic E-state index is -1.47. The Morgan fingerprint density at radius 3 is 2.54 bits per heavy atom. The first-order valence-corrected chi connectivity index (χ1v) is 7.26. The number of amides is 1. The zero-order chi connectivity index (χ0) is 17.5. The molecule has 0 spiro atoms. The molecule has 0 radical (unpaired) electrons. The number of rotatable bonds is 6. The molecule has 7 heteroatoms. The minimum absolute atomic E-state index is 0.000507. The molecule has 0 heterocycles. The third kappa shape index (κ3) is 5.22. The van der Waals surface area contributed by atoms with Crippen LogP contribution in [0.1, 0.15) is 17.2 Å². The van der Waals surface area contributed by atoms with Crippen molar-refractivity contribution >= 4 is 6.09 Å². The van der Waals surface area contributed by atoms with Crippen molar-refractivity contribution in [2.45, 2.75) is 18.8 Å². The normalized spacial score (nSPS) is 13.1. The second-order valence-electron chi connectivity index (χ2n) is 5.20. The molecule has 2 rings (SSSR count). The number of hydrogen-bond donors (Lipinski definition) is 4. The van der Waals surface area contributed by atoms with Gasteiger partial charge in [-0.2, -0.15) is 0 Å². The molecule has 128 valence electrons. The predicted octanol–water partition coefficient (Wildman–Crippen LogP) is 1.85. The average Bonchev–Trinajstić information content (AvgIpc) is 2.57. The Bertz CT molecular complexity index is 660. The van der Waals surface area contributed by atoms with Crippen LogP contribution in [0.25, 0.3) is 0 Å². The van der Waals surface area contributed by atoms with E-state index in [0.717, 1.165) is 23.8 Å². The number of hydrogen-bond acceptors (Lipinski definition) is 5. The van der Waals surface area contributed by atoms with Gasteiger partial charge in [-0.15, -0.1) is 0 Å². The lowest BCUT2D eigenvalue weighted by molar-refractivity contribution is 0.0181. The standard InChI is InChI=1S/C17H18FNO5/c18-13-6-12(7-14(20)8-13)16(22)15(21)9-19-17(23)24-10-11-4-2-1-3-5-11/h1-8,15-16,20-22H,9-10H2,(H,19,23). The molecule has 1 amide bonds. The Kier molecular flexibility index (Phi) is 6.11. The molecule has 2 aromatic carbocycles. The van der Waals surface area contributed by atoms with Crippen molar-refractivity contribution in [1.29, 1.82) is 0 Å². The fourth-order valence-electron chi connectivity index (χ4n) is 2.06. The number of aliphatic hydroxyl groups is 2. The van der Waals surface area contributed by atoms with Gasteiger partial charge in [-0.3, -0.25) is 0 Å². The summed E-state index contributed by atoms with van der Waals surface area (Å²) in [4.78, 5) is 11.6. The molecule has 6 nitrogen and oxygen atoms in total. The van der Waals surface area contributed by atoms with Gasteiger partial charge in [0.05, 0.1) is 0 Å². The van der Waals surface area contributed by atoms with E-state index in [1.54, 1.807) is 12.1 Å². The highest BCUT2D eigenvalue weighted by molar-refractivity contribution is 5.67. The van der Waals surface area contributed by atoms with Gasteiger partial charge in [0.25, 0.3) is 0 Å². The Hall–Kier alpha value is -2.64. The Morgan fingerprint density at radius 1 is 1.17 bits per heavy atom. The molecule has 2 atom stereocenters. The summed E-state index contributed by atoms with van der Waals surface area (Å²) in [6.07, 6.45) is -3.62. The number of aliphatic hydroxyl groups excluding tert-OH is 2. The summed E-state index contributed by atoms with van der Waals surface area (Å²) in [5.41, 5.74) is 0.808. The van der Waals surface area contributed by atoms with Gasteiger partial charge in [-0.25, -0.2) is 9.18 Å². The van der Waals surface area contributed by atoms with Gasteiger partial charge in [-0.1, -0.05) is 30.3 Å². The van der Waals surface area contributed by atoms with Crippen molar-refractivity contribution in [2.24, 2.45) is 0 Å². The summed E-state index contributed by atoms with van der Waals surface area (Å²) in [5.74, 6) is -1.11. The minimum Gasteiger partial charge on any atom is -0.508 e. The Morgan fingerprint density at radius 2 is 1.88 bits per heavy atom. The quantitative estimate of drug-likeness (QED) is 0.646. The van der Waals surface area contributed by atoms with Crippen LogP contribution in [0.2, 0.25) is 0 Å². The molecule has 0 aliphatic heterocycles. The van der Waals surface area contributed by atoms with Crippen LogP contribution in [0.4, 0.5) is 9.18 Å². The van der Waals surface area contributed by atoms with Crippen LogP contribution in [0.15, 0.2) is 48.5 Å². The highest BCUT2D eigenvalue weighted by Gasteiger charge is 2.20. The number of carbonyl (C=O) groups excluding carboxylic acids is 1. The molecule has 0 saturated carbocycles. The van der Waals surface area contributed by atoms with Crippen LogP contribution in [0, 0.1) is 5.82 Å². The van der Waals surface area contributed by atoms with Crippen molar-refractivity contribution in [3.8, 4) is 5.75 Å². The Balaban J connectivity index is 1.81. The average molecular weight is 335 g/mol. The van der Waals surface area contributed by atoms with Crippen molar-refractivity contribution in [3.63, 3.8) is 0 Å². The van der Waals surface area contributed by atoms with Crippen LogP contribution in [0.5, 0.6) is 5.75 Å². The van der Waals surface area contributed by atoms with Gasteiger partial charge in [0.15, 0.2) is 0 Å². The van der Waals surface area contributed by atoms with Gasteiger partial charge in [0.2, 0.25) is 0 Å². The smallest absolute Gasteiger partial charge is 0.407 e. The zero-order valence-corrected chi connectivity index (χ0v) is 12.7. The van der Waals surface area contributed by atoms with E-state index in [0.29, 0.717) is 0 Å². The van der Waals surface area contributed by atoms with Gasteiger partial charge in [0.1, 0.15) is 30.4 Å². The van der Waals surface area contributed by atoms with E-state index in [9.17, 15) is 24.5 Å². The molecule has 0 aliphatic carbocycles. The largest absolute Gasteiger partial charge is 0.508 e. The lowest BCUT2D eigenvalue weighted by atomic mass is 10.0. The van der Waals surface area contributed by atoms with E-state index < -0.39 is 24.1 Å². The Labute approximate surface area is 138 Å². The highest BCUT2D eigenvalue weighted by atomic mass is 19.1. The number of ether oxygens (including phenoxy) is 1. The first kappa shape index (κ1) is 17.7. The van der Waals surface area contributed by atoms with E-state index in [1.165, 1.54) is 0 Å². The van der Waals surface area contributed by atoms with Crippen molar-refractivity contribution in [3.05, 3.63) is 65.5 Å². The van der Waals surface area contributed by atoms with Gasteiger partial charge in [0, 0.05) is 12.6 Å². The fraction of sp³-hybridized carbons (Fsp3) is 0.235. The van der Waals surface area contributed by atoms with Crippen LogP contribution >= 0.6 is 0 Å².